The summed E-state index contributed by atoms with van der Waals surface area (Å²) in [5.41, 5.74) is 0.772. The molecule has 37 heavy (non-hydrogen) atoms. The lowest BCUT2D eigenvalue weighted by Gasteiger charge is -2.33. The highest BCUT2D eigenvalue weighted by molar-refractivity contribution is 5.96. The summed E-state index contributed by atoms with van der Waals surface area (Å²) in [5.74, 6) is -2.23. The summed E-state index contributed by atoms with van der Waals surface area (Å²) in [6.07, 6.45) is 3.15. The van der Waals surface area contributed by atoms with Gasteiger partial charge in [0.05, 0.1) is 12.3 Å². The Balaban J connectivity index is 1.53. The summed E-state index contributed by atoms with van der Waals surface area (Å²) in [4.78, 5) is 62.7. The molecule has 2 atom stereocenters. The maximum atomic E-state index is 13.0. The van der Waals surface area contributed by atoms with Gasteiger partial charge in [0, 0.05) is 37.7 Å². The number of carbonyl (C=O) groups is 5. The molecular formula is C26H37N5O6. The first kappa shape index (κ1) is 28.1. The highest BCUT2D eigenvalue weighted by Gasteiger charge is 2.30. The molecule has 0 saturated carbocycles. The highest BCUT2D eigenvalue weighted by atomic mass is 16.4. The average Bonchev–Trinajstić information content (AvgIpc) is 2.87. The third-order valence-corrected chi connectivity index (χ3v) is 6.84. The van der Waals surface area contributed by atoms with Crippen LogP contribution in [0.25, 0.3) is 0 Å². The van der Waals surface area contributed by atoms with Crippen LogP contribution in [0.1, 0.15) is 62.2 Å². The van der Waals surface area contributed by atoms with Crippen molar-refractivity contribution in [3.8, 4) is 0 Å². The van der Waals surface area contributed by atoms with Gasteiger partial charge in [0.25, 0.3) is 5.91 Å². The van der Waals surface area contributed by atoms with E-state index < -0.39 is 30.4 Å². The lowest BCUT2D eigenvalue weighted by molar-refractivity contribution is -0.138. The van der Waals surface area contributed by atoms with Gasteiger partial charge < -0.3 is 31.3 Å². The molecule has 0 aromatic heterocycles. The number of nitrogens with one attached hydrogen (secondary N) is 4. The number of carboxylic acid groups (broad SMARTS) is 1. The Morgan fingerprint density at radius 1 is 1.05 bits per heavy atom. The largest absolute Gasteiger partial charge is 0.481 e. The Morgan fingerprint density at radius 3 is 2.41 bits per heavy atom. The molecule has 5 N–H and O–H groups in total. The topological polar surface area (TPSA) is 157 Å². The van der Waals surface area contributed by atoms with E-state index >= 15 is 0 Å². The maximum Gasteiger partial charge on any atom is 0.307 e. The Kier molecular flexibility index (Phi) is 10.4. The van der Waals surface area contributed by atoms with E-state index in [1.54, 1.807) is 17.0 Å². The predicted molar refractivity (Wildman–Crippen MR) is 137 cm³/mol. The standard InChI is InChI=1S/C26H37N5O6/c1-17(32)28-21-7-5-19(6-8-21)25(36)29-22(15-24(34)35)30-26(37)20-3-2-14-31(16-20)23(33)9-4-18-10-12-27-13-11-18/h5-8,18,20,22,27H,2-4,9-16H2,1H3,(H,28,32)(H,29,36)(H,30,37)(H,34,35)/t20-,22-/m1/s1. The molecule has 2 aliphatic heterocycles. The number of benzene rings is 1. The Labute approximate surface area is 216 Å². The number of hydrogen-bond acceptors (Lipinski definition) is 6. The molecule has 2 heterocycles. The van der Waals surface area contributed by atoms with Crippen LogP contribution in [-0.4, -0.2) is 71.9 Å². The third kappa shape index (κ3) is 9.16. The van der Waals surface area contributed by atoms with Crippen LogP contribution in [-0.2, 0) is 19.2 Å². The fraction of sp³-hybridized carbons (Fsp3) is 0.577. The van der Waals surface area contributed by atoms with Crippen molar-refractivity contribution in [2.45, 2.75) is 58.0 Å². The van der Waals surface area contributed by atoms with E-state index in [2.05, 4.69) is 21.3 Å². The van der Waals surface area contributed by atoms with Crippen molar-refractivity contribution in [3.63, 3.8) is 0 Å². The average molecular weight is 516 g/mol. The van der Waals surface area contributed by atoms with Gasteiger partial charge in [0.1, 0.15) is 6.17 Å². The number of carboxylic acids is 1. The fourth-order valence-corrected chi connectivity index (χ4v) is 4.83. The van der Waals surface area contributed by atoms with E-state index in [0.717, 1.165) is 32.4 Å². The number of amides is 4. The second-order valence-corrected chi connectivity index (χ2v) is 9.80. The van der Waals surface area contributed by atoms with Crippen LogP contribution < -0.4 is 21.3 Å². The van der Waals surface area contributed by atoms with Crippen molar-refractivity contribution >= 4 is 35.3 Å². The van der Waals surface area contributed by atoms with Crippen LogP contribution >= 0.6 is 0 Å². The molecule has 2 saturated heterocycles. The van der Waals surface area contributed by atoms with Gasteiger partial charge in [-0.15, -0.1) is 0 Å². The van der Waals surface area contributed by atoms with Gasteiger partial charge in [0.15, 0.2) is 0 Å². The number of anilines is 1. The first-order chi connectivity index (χ1) is 17.7. The molecule has 4 amide bonds. The minimum absolute atomic E-state index is 0.0501. The summed E-state index contributed by atoms with van der Waals surface area (Å²) in [6, 6.07) is 6.10. The van der Waals surface area contributed by atoms with E-state index in [1.165, 1.54) is 19.1 Å². The number of aliphatic carboxylic acids is 1. The van der Waals surface area contributed by atoms with Crippen LogP contribution in [0.4, 0.5) is 5.69 Å². The van der Waals surface area contributed by atoms with E-state index in [9.17, 15) is 29.1 Å². The van der Waals surface area contributed by atoms with Gasteiger partial charge in [-0.25, -0.2) is 0 Å². The molecule has 0 radical (unpaired) electrons. The van der Waals surface area contributed by atoms with Gasteiger partial charge >= 0.3 is 5.97 Å². The monoisotopic (exact) mass is 515 g/mol. The first-order valence-corrected chi connectivity index (χ1v) is 12.9. The Morgan fingerprint density at radius 2 is 1.76 bits per heavy atom. The molecule has 11 heteroatoms. The first-order valence-electron chi connectivity index (χ1n) is 12.9. The summed E-state index contributed by atoms with van der Waals surface area (Å²) in [7, 11) is 0. The number of carbonyl (C=O) groups excluding carboxylic acids is 4. The van der Waals surface area contributed by atoms with E-state index in [1.807, 2.05) is 0 Å². The molecule has 3 rings (SSSR count). The number of nitrogens with zero attached hydrogens (tertiary/aromatic N) is 1. The fourth-order valence-electron chi connectivity index (χ4n) is 4.83. The van der Waals surface area contributed by atoms with Crippen molar-refractivity contribution in [2.24, 2.45) is 11.8 Å². The van der Waals surface area contributed by atoms with Gasteiger partial charge in [0.2, 0.25) is 17.7 Å². The zero-order chi connectivity index (χ0) is 26.8. The zero-order valence-corrected chi connectivity index (χ0v) is 21.3. The molecule has 0 bridgehead atoms. The Bertz CT molecular complexity index is 976. The predicted octanol–water partition coefficient (Wildman–Crippen LogP) is 1.31. The van der Waals surface area contributed by atoms with Crippen LogP contribution in [0.3, 0.4) is 0 Å². The van der Waals surface area contributed by atoms with Crippen molar-refractivity contribution in [3.05, 3.63) is 29.8 Å². The molecule has 0 aliphatic carbocycles. The quantitative estimate of drug-likeness (QED) is 0.294. The molecule has 0 spiro atoms. The smallest absolute Gasteiger partial charge is 0.307 e. The molecule has 2 fully saturated rings. The van der Waals surface area contributed by atoms with Crippen LogP contribution in [0, 0.1) is 11.8 Å². The highest BCUT2D eigenvalue weighted by Crippen LogP contribution is 2.22. The summed E-state index contributed by atoms with van der Waals surface area (Å²) < 4.78 is 0. The van der Waals surface area contributed by atoms with Gasteiger partial charge in [-0.2, -0.15) is 0 Å². The maximum absolute atomic E-state index is 13.0. The molecule has 1 aromatic carbocycles. The van der Waals surface area contributed by atoms with Gasteiger partial charge in [-0.3, -0.25) is 24.0 Å². The summed E-state index contributed by atoms with van der Waals surface area (Å²) in [5, 5.41) is 20.4. The molecule has 202 valence electrons. The minimum atomic E-state index is -1.18. The number of hydrogen-bond donors (Lipinski definition) is 5. The summed E-state index contributed by atoms with van der Waals surface area (Å²) >= 11 is 0. The lowest BCUT2D eigenvalue weighted by Crippen LogP contribution is -2.53. The minimum Gasteiger partial charge on any atom is -0.481 e. The lowest BCUT2D eigenvalue weighted by atomic mass is 9.92. The van der Waals surface area contributed by atoms with Crippen molar-refractivity contribution in [1.29, 1.82) is 0 Å². The van der Waals surface area contributed by atoms with E-state index in [4.69, 9.17) is 0 Å². The zero-order valence-electron chi connectivity index (χ0n) is 21.3. The third-order valence-electron chi connectivity index (χ3n) is 6.84. The molecule has 0 unspecified atom stereocenters. The van der Waals surface area contributed by atoms with Gasteiger partial charge in [-0.05, 0) is 75.4 Å². The van der Waals surface area contributed by atoms with Crippen LogP contribution in [0.2, 0.25) is 0 Å². The van der Waals surface area contributed by atoms with Crippen LogP contribution in [0.5, 0.6) is 0 Å². The normalized spacial score (nSPS) is 18.9. The summed E-state index contributed by atoms with van der Waals surface area (Å²) in [6.45, 7) is 4.24. The van der Waals surface area contributed by atoms with Crippen molar-refractivity contribution in [1.82, 2.24) is 20.9 Å². The molecular weight excluding hydrogens is 478 g/mol. The van der Waals surface area contributed by atoms with Crippen molar-refractivity contribution < 1.29 is 29.1 Å². The van der Waals surface area contributed by atoms with E-state index in [-0.39, 0.29) is 29.8 Å². The molecule has 11 nitrogen and oxygen atoms in total. The molecule has 2 aliphatic rings. The number of likely N-dealkylation sites (tertiary alicyclic amines) is 1. The molecule has 1 aromatic rings. The van der Waals surface area contributed by atoms with Crippen molar-refractivity contribution in [2.75, 3.05) is 31.5 Å². The van der Waals surface area contributed by atoms with E-state index in [0.29, 0.717) is 37.4 Å². The number of piperidine rings is 2. The SMILES string of the molecule is CC(=O)Nc1ccc(C(=O)N[C@@H](CC(=O)O)NC(=O)[C@@H]2CCCN(C(=O)CCC3CCNCC3)C2)cc1. The Hall–Kier alpha value is -3.47. The second-order valence-electron chi connectivity index (χ2n) is 9.80. The number of rotatable bonds is 10. The second kappa shape index (κ2) is 13.7. The van der Waals surface area contributed by atoms with Crippen LogP contribution in [0.15, 0.2) is 24.3 Å². The van der Waals surface area contributed by atoms with Gasteiger partial charge in [-0.1, -0.05) is 0 Å².